The zero-order valence-electron chi connectivity index (χ0n) is 5.77. The van der Waals surface area contributed by atoms with E-state index in [1.54, 1.807) is 13.1 Å². The zero-order valence-corrected chi connectivity index (χ0v) is 13.3. The van der Waals surface area contributed by atoms with Crippen LogP contribution in [0.5, 0.6) is 0 Å². The Labute approximate surface area is 96.9 Å². The average molecular weight is 327 g/mol. The van der Waals surface area contributed by atoms with E-state index in [0.29, 0.717) is 0 Å². The molecule has 0 saturated carbocycles. The van der Waals surface area contributed by atoms with Crippen LogP contribution in [0.4, 0.5) is 0 Å². The summed E-state index contributed by atoms with van der Waals surface area (Å²) in [5.74, 6) is 0. The molecule has 0 aliphatic carbocycles. The molecule has 0 aromatic heterocycles. The first-order chi connectivity index (χ1) is 4.50. The first-order valence-electron chi connectivity index (χ1n) is 2.63. The summed E-state index contributed by atoms with van der Waals surface area (Å²) >= 11 is 35.2. The summed E-state index contributed by atoms with van der Waals surface area (Å²) in [5.41, 5.74) is -5.83. The van der Waals surface area contributed by atoms with Gasteiger partial charge in [-0.05, 0) is 0 Å². The van der Waals surface area contributed by atoms with E-state index in [9.17, 15) is 0 Å². The molecule has 0 unspecified atom stereocenters. The number of rotatable bonds is 2. The molecule has 68 valence electrons. The van der Waals surface area contributed by atoms with Gasteiger partial charge >= 0.3 is 5.52 Å². The second-order valence-corrected chi connectivity index (χ2v) is 40.9. The molecule has 0 heterocycles. The summed E-state index contributed by atoms with van der Waals surface area (Å²) in [7, 11) is 0. The smallest absolute Gasteiger partial charge is 0.168 e. The van der Waals surface area contributed by atoms with Crippen molar-refractivity contribution in [2.24, 2.45) is 0 Å². The lowest BCUT2D eigenvalue weighted by molar-refractivity contribution is 2.05. The Morgan fingerprint density at radius 3 is 1.00 bits per heavy atom. The molecule has 0 aliphatic heterocycles. The van der Waals surface area contributed by atoms with Gasteiger partial charge in [0.2, 0.25) is 0 Å². The van der Waals surface area contributed by atoms with Crippen LogP contribution in [0.25, 0.3) is 0 Å². The van der Waals surface area contributed by atoms with Crippen molar-refractivity contribution in [3.05, 3.63) is 0 Å². The highest BCUT2D eigenvalue weighted by atomic mass is 35.9. The second kappa shape index (κ2) is 3.87. The third-order valence-electron chi connectivity index (χ3n) is 1.10. The Kier molecular flexibility index (Phi) is 4.71. The quantitative estimate of drug-likeness (QED) is 0.528. The molecule has 0 nitrogen and oxygen atoms in total. The maximum absolute atomic E-state index is 6.03. The summed E-state index contributed by atoms with van der Waals surface area (Å²) in [6.45, 7) is 1.39. The topological polar surface area (TPSA) is 0 Å². The van der Waals surface area contributed by atoms with Crippen LogP contribution < -0.4 is 0 Å². The highest BCUT2D eigenvalue weighted by molar-refractivity contribution is 8.16. The van der Waals surface area contributed by atoms with Crippen LogP contribution in [0.3, 0.4) is 0 Å². The fourth-order valence-corrected chi connectivity index (χ4v) is 36.0. The molecule has 9 heteroatoms. The van der Waals surface area contributed by atoms with Crippen LogP contribution in [0.1, 0.15) is 0 Å². The minimum atomic E-state index is -3.00. The summed E-state index contributed by atoms with van der Waals surface area (Å²) in [4.78, 5) is 0. The number of halogens is 6. The van der Waals surface area contributed by atoms with E-state index in [1.807, 2.05) is 0 Å². The van der Waals surface area contributed by atoms with Crippen LogP contribution in [0, 0.1) is 0 Å². The van der Waals surface area contributed by atoms with Crippen LogP contribution >= 0.6 is 66.5 Å². The molecule has 0 bridgehead atoms. The molecule has 0 saturated heterocycles. The Morgan fingerprint density at radius 2 is 1.00 bits per heavy atom. The van der Waals surface area contributed by atoms with Gasteiger partial charge in [0.15, 0.2) is 6.90 Å². The fourth-order valence-electron chi connectivity index (χ4n) is 0.337. The maximum atomic E-state index is 6.03. The third kappa shape index (κ3) is 3.22. The van der Waals surface area contributed by atoms with Gasteiger partial charge in [0.1, 0.15) is 0 Å². The monoisotopic (exact) mass is 324 g/mol. The lowest BCUT2D eigenvalue weighted by atomic mass is 11.9. The molecule has 0 aromatic rings. The van der Waals surface area contributed by atoms with E-state index in [0.717, 1.165) is 0 Å². The van der Waals surface area contributed by atoms with E-state index in [-0.39, 0.29) is 0 Å². The van der Waals surface area contributed by atoms with Gasteiger partial charge in [0, 0.05) is 0 Å². The molecule has 0 rings (SSSR count). The standard InChI is InChI=1S/C2H6Cl6Si3/c1-9(2,3)11(7,8)10(4,5)6/h1-2H3. The van der Waals surface area contributed by atoms with Gasteiger partial charge in [0.25, 0.3) is 5.73 Å². The van der Waals surface area contributed by atoms with E-state index in [1.165, 1.54) is 0 Å². The molecule has 0 amide bonds. The highest BCUT2D eigenvalue weighted by Gasteiger charge is 2.63. The van der Waals surface area contributed by atoms with E-state index >= 15 is 0 Å². The van der Waals surface area contributed by atoms with Gasteiger partial charge in [-0.2, -0.15) is 11.1 Å². The minimum absolute atomic E-state index is 1.80. The van der Waals surface area contributed by atoms with Crippen molar-refractivity contribution in [2.75, 3.05) is 0 Å². The summed E-state index contributed by atoms with van der Waals surface area (Å²) in [6, 6.07) is 0. The van der Waals surface area contributed by atoms with Crippen LogP contribution in [0.15, 0.2) is 0 Å². The number of hydrogen-bond acceptors (Lipinski definition) is 0. The number of hydrogen-bond donors (Lipinski definition) is 0. The summed E-state index contributed by atoms with van der Waals surface area (Å²) in [5, 5.41) is 0. The Hall–Kier alpha value is 2.39. The van der Waals surface area contributed by atoms with Gasteiger partial charge in [-0.25, -0.2) is 0 Å². The van der Waals surface area contributed by atoms with E-state index in [4.69, 9.17) is 66.5 Å². The van der Waals surface area contributed by atoms with Crippen molar-refractivity contribution in [2.45, 2.75) is 13.1 Å². The lowest BCUT2D eigenvalue weighted by Crippen LogP contribution is -2.59. The predicted molar refractivity (Wildman–Crippen MR) is 64.1 cm³/mol. The first-order valence-corrected chi connectivity index (χ1v) is 17.7. The molecule has 0 N–H and O–H groups in total. The van der Waals surface area contributed by atoms with Gasteiger partial charge in [0.05, 0.1) is 0 Å². The summed E-state index contributed by atoms with van der Waals surface area (Å²) < 4.78 is 0. The minimum Gasteiger partial charge on any atom is -0.168 e. The van der Waals surface area contributed by atoms with Crippen molar-refractivity contribution < 1.29 is 0 Å². The van der Waals surface area contributed by atoms with Crippen LogP contribution in [0.2, 0.25) is 13.1 Å². The van der Waals surface area contributed by atoms with Gasteiger partial charge in [-0.15, -0.1) is 55.4 Å². The maximum Gasteiger partial charge on any atom is 0.357 e. The Balaban J connectivity index is 4.75. The largest absolute Gasteiger partial charge is 0.357 e. The molecule has 0 spiro atoms. The molecule has 11 heavy (non-hydrogen) atoms. The van der Waals surface area contributed by atoms with Crippen LogP contribution in [-0.2, 0) is 0 Å². The van der Waals surface area contributed by atoms with Gasteiger partial charge < -0.3 is 0 Å². The normalized spacial score (nSPS) is 15.3. The predicted octanol–water partition coefficient (Wildman–Crippen LogP) is 4.16. The molecule has 0 aliphatic rings. The Bertz CT molecular complexity index is 127. The molecule has 0 fully saturated rings. The van der Waals surface area contributed by atoms with E-state index in [2.05, 4.69) is 0 Å². The van der Waals surface area contributed by atoms with Gasteiger partial charge in [-0.1, -0.05) is 13.1 Å². The Morgan fingerprint density at radius 1 is 0.727 bits per heavy atom. The molecule has 0 atom stereocenters. The first kappa shape index (κ1) is 13.4. The van der Waals surface area contributed by atoms with Crippen molar-refractivity contribution in [3.8, 4) is 0 Å². The summed E-state index contributed by atoms with van der Waals surface area (Å²) in [6.07, 6.45) is 0. The highest BCUT2D eigenvalue weighted by Crippen LogP contribution is 2.44. The second-order valence-electron chi connectivity index (χ2n) is 2.54. The van der Waals surface area contributed by atoms with Crippen molar-refractivity contribution in [1.82, 2.24) is 0 Å². The van der Waals surface area contributed by atoms with Crippen molar-refractivity contribution >= 4 is 84.6 Å². The fraction of sp³-hybridized carbons (Fsp3) is 1.00. The molecule has 0 radical (unpaired) electrons. The van der Waals surface area contributed by atoms with Crippen molar-refractivity contribution in [1.29, 1.82) is 0 Å². The SMILES string of the molecule is C[Si](C)(Cl)[Si](Cl)(Cl)[Si](Cl)(Cl)Cl. The van der Waals surface area contributed by atoms with Gasteiger partial charge in [-0.3, -0.25) is 0 Å². The molecular weight excluding hydrogens is 321 g/mol. The van der Waals surface area contributed by atoms with Crippen LogP contribution in [-0.4, -0.2) is 18.2 Å². The van der Waals surface area contributed by atoms with E-state index < -0.39 is 18.2 Å². The van der Waals surface area contributed by atoms with Crippen molar-refractivity contribution in [3.63, 3.8) is 0 Å². The average Bonchev–Trinajstić information content (AvgIpc) is 1.58. The third-order valence-corrected chi connectivity index (χ3v) is 55.4. The molecule has 0 aromatic carbocycles. The zero-order chi connectivity index (χ0) is 9.50. The lowest BCUT2D eigenvalue weighted by Gasteiger charge is -2.30. The molecular formula is C2H6Cl6Si3.